The first-order chi connectivity index (χ1) is 10.1. The molecule has 0 aromatic heterocycles. The second-order valence-electron chi connectivity index (χ2n) is 5.99. The van der Waals surface area contributed by atoms with Crippen molar-refractivity contribution in [3.8, 4) is 0 Å². The molecule has 0 bridgehead atoms. The van der Waals surface area contributed by atoms with E-state index in [0.717, 1.165) is 12.1 Å². The van der Waals surface area contributed by atoms with Crippen molar-refractivity contribution >= 4 is 5.69 Å². The van der Waals surface area contributed by atoms with Crippen molar-refractivity contribution in [2.24, 2.45) is 5.92 Å². The quantitative estimate of drug-likeness (QED) is 0.795. The number of hydrogen-bond acceptors (Lipinski definition) is 3. The van der Waals surface area contributed by atoms with Gasteiger partial charge in [0.05, 0.1) is 12.3 Å². The van der Waals surface area contributed by atoms with Gasteiger partial charge in [0.15, 0.2) is 0 Å². The molecule has 0 aliphatic heterocycles. The Hall–Kier alpha value is -1.13. The third-order valence-electron chi connectivity index (χ3n) is 4.55. The standard InChI is InChI=1S/C17H27FN2O/c1-12(19-3)15-7-8-17(16(18)11-15)20(9-10-21-4)13(2)14-5-6-14/h7-8,11-14,19H,5-6,9-10H2,1-4H3. The zero-order chi connectivity index (χ0) is 15.4. The molecule has 1 aliphatic rings. The van der Waals surface area contributed by atoms with Crippen LogP contribution in [0, 0.1) is 11.7 Å². The first-order valence-electron chi connectivity index (χ1n) is 7.80. The number of nitrogens with one attached hydrogen (secondary N) is 1. The minimum atomic E-state index is -0.141. The summed E-state index contributed by atoms with van der Waals surface area (Å²) in [6, 6.07) is 6.09. The van der Waals surface area contributed by atoms with Crippen LogP contribution in [0.25, 0.3) is 0 Å². The molecule has 0 heterocycles. The molecule has 118 valence electrons. The molecule has 3 nitrogen and oxygen atoms in total. The summed E-state index contributed by atoms with van der Waals surface area (Å²) in [5.41, 5.74) is 1.67. The Kier molecular flexibility index (Phi) is 5.59. The molecule has 1 aliphatic carbocycles. The lowest BCUT2D eigenvalue weighted by atomic mass is 10.1. The maximum atomic E-state index is 14.6. The number of ether oxygens (including phenoxy) is 1. The average molecular weight is 294 g/mol. The van der Waals surface area contributed by atoms with Crippen LogP contribution in [0.4, 0.5) is 10.1 Å². The van der Waals surface area contributed by atoms with Gasteiger partial charge in [-0.2, -0.15) is 0 Å². The minimum absolute atomic E-state index is 0.141. The van der Waals surface area contributed by atoms with E-state index in [1.165, 1.54) is 12.8 Å². The van der Waals surface area contributed by atoms with Gasteiger partial charge in [-0.15, -0.1) is 0 Å². The molecule has 4 heteroatoms. The Labute approximate surface area is 127 Å². The molecule has 2 rings (SSSR count). The number of hydrogen-bond donors (Lipinski definition) is 1. The van der Waals surface area contributed by atoms with Crippen LogP contribution in [0.5, 0.6) is 0 Å². The Balaban J connectivity index is 2.22. The number of rotatable bonds is 8. The van der Waals surface area contributed by atoms with E-state index in [1.54, 1.807) is 13.2 Å². The van der Waals surface area contributed by atoms with Crippen LogP contribution in [-0.4, -0.2) is 33.4 Å². The molecule has 0 amide bonds. The van der Waals surface area contributed by atoms with Crippen LogP contribution in [0.2, 0.25) is 0 Å². The molecule has 1 saturated carbocycles. The maximum Gasteiger partial charge on any atom is 0.146 e. The lowest BCUT2D eigenvalue weighted by Crippen LogP contribution is -2.38. The van der Waals surface area contributed by atoms with Crippen molar-refractivity contribution in [1.82, 2.24) is 5.32 Å². The predicted molar refractivity (Wildman–Crippen MR) is 85.3 cm³/mol. The molecule has 0 saturated heterocycles. The van der Waals surface area contributed by atoms with E-state index in [0.29, 0.717) is 24.3 Å². The van der Waals surface area contributed by atoms with Gasteiger partial charge in [-0.05, 0) is 57.4 Å². The normalized spacial score (nSPS) is 17.6. The first-order valence-corrected chi connectivity index (χ1v) is 7.80. The molecule has 1 aromatic carbocycles. The van der Waals surface area contributed by atoms with Gasteiger partial charge in [0.25, 0.3) is 0 Å². The van der Waals surface area contributed by atoms with Crippen LogP contribution in [0.3, 0.4) is 0 Å². The van der Waals surface area contributed by atoms with Crippen LogP contribution < -0.4 is 10.2 Å². The van der Waals surface area contributed by atoms with Gasteiger partial charge in [-0.1, -0.05) is 6.07 Å². The van der Waals surface area contributed by atoms with Crippen molar-refractivity contribution in [3.05, 3.63) is 29.6 Å². The third kappa shape index (κ3) is 3.95. The van der Waals surface area contributed by atoms with E-state index in [9.17, 15) is 4.39 Å². The lowest BCUT2D eigenvalue weighted by molar-refractivity contribution is 0.202. The number of nitrogens with zero attached hydrogens (tertiary/aromatic N) is 1. The molecular formula is C17H27FN2O. The van der Waals surface area contributed by atoms with Gasteiger partial charge in [-0.3, -0.25) is 0 Å². The van der Waals surface area contributed by atoms with Crippen molar-refractivity contribution in [3.63, 3.8) is 0 Å². The summed E-state index contributed by atoms with van der Waals surface area (Å²) >= 11 is 0. The predicted octanol–water partition coefficient (Wildman–Crippen LogP) is 3.36. The summed E-state index contributed by atoms with van der Waals surface area (Å²) in [5, 5.41) is 3.14. The summed E-state index contributed by atoms with van der Waals surface area (Å²) in [5.74, 6) is 0.551. The molecule has 1 N–H and O–H groups in total. The molecule has 2 atom stereocenters. The van der Waals surface area contributed by atoms with Crippen molar-refractivity contribution in [2.45, 2.75) is 38.8 Å². The number of anilines is 1. The highest BCUT2D eigenvalue weighted by Crippen LogP contribution is 2.37. The fourth-order valence-corrected chi connectivity index (χ4v) is 2.76. The highest BCUT2D eigenvalue weighted by molar-refractivity contribution is 5.51. The Morgan fingerprint density at radius 3 is 2.62 bits per heavy atom. The minimum Gasteiger partial charge on any atom is -0.383 e. The Morgan fingerprint density at radius 2 is 2.10 bits per heavy atom. The topological polar surface area (TPSA) is 24.5 Å². The molecule has 21 heavy (non-hydrogen) atoms. The van der Waals surface area contributed by atoms with Crippen LogP contribution in [-0.2, 0) is 4.74 Å². The molecule has 0 spiro atoms. The van der Waals surface area contributed by atoms with Crippen LogP contribution in [0.1, 0.15) is 38.3 Å². The number of halogens is 1. The van der Waals surface area contributed by atoms with E-state index in [2.05, 4.69) is 17.1 Å². The van der Waals surface area contributed by atoms with E-state index in [-0.39, 0.29) is 11.9 Å². The Morgan fingerprint density at radius 1 is 1.38 bits per heavy atom. The molecule has 0 radical (unpaired) electrons. The fourth-order valence-electron chi connectivity index (χ4n) is 2.76. The van der Waals surface area contributed by atoms with E-state index in [4.69, 9.17) is 4.74 Å². The number of methoxy groups -OCH3 is 1. The van der Waals surface area contributed by atoms with Crippen LogP contribution in [0.15, 0.2) is 18.2 Å². The van der Waals surface area contributed by atoms with Crippen LogP contribution >= 0.6 is 0 Å². The summed E-state index contributed by atoms with van der Waals surface area (Å²) < 4.78 is 19.7. The SMILES string of the molecule is CNC(C)c1ccc(N(CCOC)C(C)C2CC2)c(F)c1. The van der Waals surface area contributed by atoms with Gasteiger partial charge < -0.3 is 15.0 Å². The maximum absolute atomic E-state index is 14.6. The Bertz CT molecular complexity index is 462. The largest absolute Gasteiger partial charge is 0.383 e. The van der Waals surface area contributed by atoms with Gasteiger partial charge in [-0.25, -0.2) is 4.39 Å². The van der Waals surface area contributed by atoms with Gasteiger partial charge >= 0.3 is 0 Å². The lowest BCUT2D eigenvalue weighted by Gasteiger charge is -2.32. The highest BCUT2D eigenvalue weighted by atomic mass is 19.1. The number of benzene rings is 1. The summed E-state index contributed by atoms with van der Waals surface area (Å²) in [6.07, 6.45) is 2.50. The summed E-state index contributed by atoms with van der Waals surface area (Å²) in [4.78, 5) is 2.16. The summed E-state index contributed by atoms with van der Waals surface area (Å²) in [7, 11) is 3.57. The zero-order valence-corrected chi connectivity index (χ0v) is 13.5. The van der Waals surface area contributed by atoms with Crippen molar-refractivity contribution < 1.29 is 9.13 Å². The first kappa shape index (κ1) is 16.2. The molecular weight excluding hydrogens is 267 g/mol. The van der Waals surface area contributed by atoms with E-state index >= 15 is 0 Å². The summed E-state index contributed by atoms with van der Waals surface area (Å²) in [6.45, 7) is 5.57. The second kappa shape index (κ2) is 7.23. The van der Waals surface area contributed by atoms with Crippen molar-refractivity contribution in [2.75, 3.05) is 32.2 Å². The van der Waals surface area contributed by atoms with E-state index < -0.39 is 0 Å². The third-order valence-corrected chi connectivity index (χ3v) is 4.55. The van der Waals surface area contributed by atoms with Gasteiger partial charge in [0, 0.05) is 25.7 Å². The smallest absolute Gasteiger partial charge is 0.146 e. The van der Waals surface area contributed by atoms with Gasteiger partial charge in [0.2, 0.25) is 0 Å². The average Bonchev–Trinajstić information content (AvgIpc) is 3.32. The second-order valence-corrected chi connectivity index (χ2v) is 5.99. The monoisotopic (exact) mass is 294 g/mol. The zero-order valence-electron chi connectivity index (χ0n) is 13.5. The molecule has 1 aromatic rings. The molecule has 1 fully saturated rings. The van der Waals surface area contributed by atoms with Crippen molar-refractivity contribution in [1.29, 1.82) is 0 Å². The highest BCUT2D eigenvalue weighted by Gasteiger charge is 2.33. The fraction of sp³-hybridized carbons (Fsp3) is 0.647. The van der Waals surface area contributed by atoms with Gasteiger partial charge in [0.1, 0.15) is 5.82 Å². The molecule has 2 unspecified atom stereocenters. The van der Waals surface area contributed by atoms with E-state index in [1.807, 2.05) is 26.1 Å².